The fourth-order valence-corrected chi connectivity index (χ4v) is 3.12. The second-order valence-electron chi connectivity index (χ2n) is 5.93. The Morgan fingerprint density at radius 2 is 1.96 bits per heavy atom. The highest BCUT2D eigenvalue weighted by atomic mass is 79.9. The first kappa shape index (κ1) is 18.8. The van der Waals surface area contributed by atoms with Crippen LogP contribution in [-0.4, -0.2) is 15.5 Å². The molecule has 0 aliphatic heterocycles. The molecule has 1 aromatic heterocycles. The van der Waals surface area contributed by atoms with Crippen molar-refractivity contribution in [2.24, 2.45) is 0 Å². The fourth-order valence-electron chi connectivity index (χ4n) is 2.53. The van der Waals surface area contributed by atoms with Crippen LogP contribution in [0.15, 0.2) is 62.7 Å². The third kappa shape index (κ3) is 4.06. The van der Waals surface area contributed by atoms with E-state index in [1.165, 1.54) is 18.2 Å². The van der Waals surface area contributed by atoms with Gasteiger partial charge in [-0.1, -0.05) is 24.3 Å². The summed E-state index contributed by atoms with van der Waals surface area (Å²) in [6, 6.07) is 11.1. The van der Waals surface area contributed by atoms with Gasteiger partial charge in [-0.2, -0.15) is 0 Å². The zero-order chi connectivity index (χ0) is 19.6. The maximum atomic E-state index is 13.9. The number of rotatable bonds is 4. The Bertz CT molecular complexity index is 1140. The fraction of sp³-hybridized carbons (Fsp3) is 0.105. The average Bonchev–Trinajstić information content (AvgIpc) is 2.62. The van der Waals surface area contributed by atoms with Crippen LogP contribution >= 0.6 is 15.9 Å². The predicted octanol–water partition coefficient (Wildman–Crippen LogP) is 3.05. The maximum Gasteiger partial charge on any atom is 0.328 e. The predicted molar refractivity (Wildman–Crippen MR) is 104 cm³/mol. The van der Waals surface area contributed by atoms with Gasteiger partial charge < -0.3 is 10.3 Å². The highest BCUT2D eigenvalue weighted by Crippen LogP contribution is 2.23. The van der Waals surface area contributed by atoms with E-state index in [0.717, 1.165) is 16.3 Å². The minimum Gasteiger partial charge on any atom is -0.321 e. The standard InChI is InChI=1S/C19H15BrFN3O3/c1-11-6-7-16(14(20)8-11)23-17(25)13-9-22-19(27)24(18(13)26)10-12-4-2-3-5-15(12)21/h2-9H,10H2,1H3,(H,22,27)(H,23,25). The molecule has 3 rings (SSSR count). The number of nitrogens with zero attached hydrogens (tertiary/aromatic N) is 1. The Morgan fingerprint density at radius 1 is 1.22 bits per heavy atom. The zero-order valence-electron chi connectivity index (χ0n) is 14.3. The van der Waals surface area contributed by atoms with E-state index in [-0.39, 0.29) is 17.7 Å². The summed E-state index contributed by atoms with van der Waals surface area (Å²) in [5.74, 6) is -1.22. The molecule has 0 atom stereocenters. The van der Waals surface area contributed by atoms with Gasteiger partial charge in [-0.25, -0.2) is 9.18 Å². The molecule has 0 bridgehead atoms. The molecule has 1 amide bonds. The van der Waals surface area contributed by atoms with E-state index in [4.69, 9.17) is 0 Å². The quantitative estimate of drug-likeness (QED) is 0.665. The molecule has 2 N–H and O–H groups in total. The molecule has 8 heteroatoms. The zero-order valence-corrected chi connectivity index (χ0v) is 15.8. The van der Waals surface area contributed by atoms with Crippen molar-refractivity contribution in [1.29, 1.82) is 0 Å². The van der Waals surface area contributed by atoms with Crippen LogP contribution in [0.25, 0.3) is 0 Å². The van der Waals surface area contributed by atoms with Crippen LogP contribution in [0.4, 0.5) is 10.1 Å². The number of halogens is 2. The van der Waals surface area contributed by atoms with E-state index in [1.807, 2.05) is 19.1 Å². The Kier molecular flexibility index (Phi) is 5.36. The van der Waals surface area contributed by atoms with Crippen molar-refractivity contribution in [3.8, 4) is 0 Å². The van der Waals surface area contributed by atoms with Crippen LogP contribution < -0.4 is 16.6 Å². The number of aryl methyl sites for hydroxylation is 1. The molecular formula is C19H15BrFN3O3. The second-order valence-corrected chi connectivity index (χ2v) is 6.78. The van der Waals surface area contributed by atoms with Crippen molar-refractivity contribution >= 4 is 27.5 Å². The topological polar surface area (TPSA) is 84.0 Å². The number of aromatic nitrogens is 2. The van der Waals surface area contributed by atoms with Gasteiger partial charge in [-0.15, -0.1) is 0 Å². The van der Waals surface area contributed by atoms with Gasteiger partial charge in [0.15, 0.2) is 0 Å². The van der Waals surface area contributed by atoms with E-state index in [1.54, 1.807) is 12.1 Å². The first-order valence-electron chi connectivity index (χ1n) is 8.00. The van der Waals surface area contributed by atoms with Gasteiger partial charge in [0.2, 0.25) is 0 Å². The van der Waals surface area contributed by atoms with E-state index in [0.29, 0.717) is 10.2 Å². The summed E-state index contributed by atoms with van der Waals surface area (Å²) in [7, 11) is 0. The molecule has 6 nitrogen and oxygen atoms in total. The summed E-state index contributed by atoms with van der Waals surface area (Å²) in [6.45, 7) is 1.62. The Morgan fingerprint density at radius 3 is 2.67 bits per heavy atom. The average molecular weight is 432 g/mol. The number of amides is 1. The van der Waals surface area contributed by atoms with Crippen molar-refractivity contribution in [1.82, 2.24) is 9.55 Å². The van der Waals surface area contributed by atoms with E-state index < -0.39 is 23.0 Å². The highest BCUT2D eigenvalue weighted by Gasteiger charge is 2.17. The first-order chi connectivity index (χ1) is 12.9. The monoisotopic (exact) mass is 431 g/mol. The highest BCUT2D eigenvalue weighted by molar-refractivity contribution is 9.10. The largest absolute Gasteiger partial charge is 0.328 e. The van der Waals surface area contributed by atoms with Crippen LogP contribution in [0.2, 0.25) is 0 Å². The lowest BCUT2D eigenvalue weighted by atomic mass is 10.2. The number of H-pyrrole nitrogens is 1. The number of hydrogen-bond acceptors (Lipinski definition) is 3. The molecule has 0 unspecified atom stereocenters. The number of hydrogen-bond donors (Lipinski definition) is 2. The lowest BCUT2D eigenvalue weighted by Gasteiger charge is -2.10. The number of carbonyl (C=O) groups is 1. The SMILES string of the molecule is Cc1ccc(NC(=O)c2c[nH]c(=O)n(Cc3ccccc3F)c2=O)c(Br)c1. The first-order valence-corrected chi connectivity index (χ1v) is 8.79. The molecule has 0 radical (unpaired) electrons. The molecule has 0 saturated carbocycles. The lowest BCUT2D eigenvalue weighted by Crippen LogP contribution is -2.39. The molecule has 2 aromatic carbocycles. The van der Waals surface area contributed by atoms with Crippen LogP contribution in [0.5, 0.6) is 0 Å². The van der Waals surface area contributed by atoms with Crippen molar-refractivity contribution in [3.05, 3.63) is 96.5 Å². The Hall–Kier alpha value is -3.00. The smallest absolute Gasteiger partial charge is 0.321 e. The summed E-state index contributed by atoms with van der Waals surface area (Å²) in [5, 5.41) is 2.62. The molecule has 138 valence electrons. The molecule has 0 aliphatic rings. The van der Waals surface area contributed by atoms with Crippen LogP contribution in [-0.2, 0) is 6.54 Å². The molecule has 0 aliphatic carbocycles. The van der Waals surface area contributed by atoms with Crippen LogP contribution in [0.3, 0.4) is 0 Å². The summed E-state index contributed by atoms with van der Waals surface area (Å²) >= 11 is 3.35. The van der Waals surface area contributed by atoms with Gasteiger partial charge in [0, 0.05) is 16.2 Å². The summed E-state index contributed by atoms with van der Waals surface area (Å²) in [5.41, 5.74) is -0.130. The summed E-state index contributed by atoms with van der Waals surface area (Å²) in [4.78, 5) is 39.5. The van der Waals surface area contributed by atoms with E-state index >= 15 is 0 Å². The minimum absolute atomic E-state index is 0.170. The van der Waals surface area contributed by atoms with Gasteiger partial charge in [0.1, 0.15) is 11.4 Å². The molecular weight excluding hydrogens is 417 g/mol. The third-order valence-electron chi connectivity index (χ3n) is 3.96. The molecule has 1 heterocycles. The number of aromatic amines is 1. The minimum atomic E-state index is -0.803. The second kappa shape index (κ2) is 7.71. The summed E-state index contributed by atoms with van der Waals surface area (Å²) < 4.78 is 15.3. The molecule has 0 saturated heterocycles. The molecule has 0 spiro atoms. The van der Waals surface area contributed by atoms with Gasteiger partial charge >= 0.3 is 5.69 Å². The van der Waals surface area contributed by atoms with Crippen molar-refractivity contribution < 1.29 is 9.18 Å². The van der Waals surface area contributed by atoms with Crippen molar-refractivity contribution in [3.63, 3.8) is 0 Å². The van der Waals surface area contributed by atoms with Crippen molar-refractivity contribution in [2.45, 2.75) is 13.5 Å². The van der Waals surface area contributed by atoms with Crippen LogP contribution in [0.1, 0.15) is 21.5 Å². The Balaban J connectivity index is 1.95. The Labute approximate surface area is 161 Å². The van der Waals surface area contributed by atoms with Gasteiger partial charge in [0.25, 0.3) is 11.5 Å². The number of anilines is 1. The summed E-state index contributed by atoms with van der Waals surface area (Å²) in [6.07, 6.45) is 1.06. The van der Waals surface area contributed by atoms with Crippen LogP contribution in [0, 0.1) is 12.7 Å². The van der Waals surface area contributed by atoms with Crippen molar-refractivity contribution in [2.75, 3.05) is 5.32 Å². The molecule has 0 fully saturated rings. The van der Waals surface area contributed by atoms with E-state index in [2.05, 4.69) is 26.2 Å². The number of nitrogens with one attached hydrogen (secondary N) is 2. The van der Waals surface area contributed by atoms with Gasteiger partial charge in [-0.3, -0.25) is 14.2 Å². The number of benzene rings is 2. The molecule has 27 heavy (non-hydrogen) atoms. The van der Waals surface area contributed by atoms with Gasteiger partial charge in [-0.05, 0) is 46.6 Å². The lowest BCUT2D eigenvalue weighted by molar-refractivity contribution is 0.102. The molecule has 3 aromatic rings. The third-order valence-corrected chi connectivity index (χ3v) is 4.62. The van der Waals surface area contributed by atoms with Gasteiger partial charge in [0.05, 0.1) is 12.2 Å². The maximum absolute atomic E-state index is 13.9. The van der Waals surface area contributed by atoms with E-state index in [9.17, 15) is 18.8 Å². The normalized spacial score (nSPS) is 10.6. The number of carbonyl (C=O) groups excluding carboxylic acids is 1.